The fourth-order valence-electron chi connectivity index (χ4n) is 4.40. The number of Topliss-reactive ketones (excluding diaryl/α,β-unsaturated/α-hetero) is 1. The molecule has 0 unspecified atom stereocenters. The van der Waals surface area contributed by atoms with Gasteiger partial charge in [-0.15, -0.1) is 0 Å². The van der Waals surface area contributed by atoms with Crippen LogP contribution in [0, 0.1) is 5.82 Å². The summed E-state index contributed by atoms with van der Waals surface area (Å²) in [6, 6.07) is 4.35. The summed E-state index contributed by atoms with van der Waals surface area (Å²) in [6.07, 6.45) is -2.88. The fourth-order valence-corrected chi connectivity index (χ4v) is 6.05. The number of alkyl halides is 4. The zero-order valence-corrected chi connectivity index (χ0v) is 21.1. The number of halogens is 5. The van der Waals surface area contributed by atoms with Gasteiger partial charge in [-0.2, -0.15) is 17.5 Å². The summed E-state index contributed by atoms with van der Waals surface area (Å²) in [5.41, 5.74) is 0.971. The van der Waals surface area contributed by atoms with E-state index in [1.807, 2.05) is 0 Å². The van der Waals surface area contributed by atoms with Crippen LogP contribution in [0.15, 0.2) is 47.6 Å². The van der Waals surface area contributed by atoms with Gasteiger partial charge >= 0.3 is 6.18 Å². The lowest BCUT2D eigenvalue weighted by Gasteiger charge is -2.22. The smallest absolute Gasteiger partial charge is 0.298 e. The highest BCUT2D eigenvalue weighted by Gasteiger charge is 2.43. The van der Waals surface area contributed by atoms with Crippen LogP contribution in [0.3, 0.4) is 0 Å². The van der Waals surface area contributed by atoms with E-state index < -0.39 is 52.4 Å². The standard InChI is InChI=1S/C25H22F5N5O3S/c26-16-3-6-19(7-4-16)39(37,38)35-13-17(27)9-21(35)22(36)8-5-18-10-20(34-23(33-18)14-1-2-14)15-11-31-24(32-12-15)25(28,29)30/h3-4,6-7,10-12,14,17,21H,1-2,5,8-9,13H2/t17-,21+/m1/s1. The van der Waals surface area contributed by atoms with Crippen molar-refractivity contribution in [3.05, 3.63) is 65.9 Å². The molecule has 3 heterocycles. The third-order valence-corrected chi connectivity index (χ3v) is 8.45. The molecule has 2 aliphatic rings. The topological polar surface area (TPSA) is 106 Å². The number of hydrogen-bond donors (Lipinski definition) is 0. The Bertz CT molecular complexity index is 1480. The molecule has 39 heavy (non-hydrogen) atoms. The molecule has 2 fully saturated rings. The van der Waals surface area contributed by atoms with Gasteiger partial charge in [-0.3, -0.25) is 4.79 Å². The van der Waals surface area contributed by atoms with Crippen LogP contribution in [0.1, 0.15) is 48.9 Å². The number of carbonyl (C=O) groups is 1. The van der Waals surface area contributed by atoms with Crippen molar-refractivity contribution < 1.29 is 35.2 Å². The van der Waals surface area contributed by atoms with E-state index in [-0.39, 0.29) is 35.6 Å². The Morgan fingerprint density at radius 3 is 2.33 bits per heavy atom. The second-order valence-corrected chi connectivity index (χ2v) is 11.4. The Morgan fingerprint density at radius 1 is 1.05 bits per heavy atom. The molecule has 14 heteroatoms. The normalized spacial score (nSPS) is 20.3. The van der Waals surface area contributed by atoms with Gasteiger partial charge < -0.3 is 0 Å². The Kier molecular flexibility index (Phi) is 7.18. The minimum absolute atomic E-state index is 0.0768. The van der Waals surface area contributed by atoms with Crippen LogP contribution < -0.4 is 0 Å². The number of aryl methyl sites for hydroxylation is 1. The summed E-state index contributed by atoms with van der Waals surface area (Å²) in [7, 11) is -4.25. The highest BCUT2D eigenvalue weighted by atomic mass is 32.2. The lowest BCUT2D eigenvalue weighted by Crippen LogP contribution is -2.40. The van der Waals surface area contributed by atoms with E-state index in [1.54, 1.807) is 0 Å². The molecule has 1 aliphatic carbocycles. The number of carbonyl (C=O) groups excluding carboxylic acids is 1. The molecule has 1 aliphatic heterocycles. The molecule has 5 rings (SSSR count). The number of ketones is 1. The number of nitrogens with zero attached hydrogens (tertiary/aromatic N) is 5. The van der Waals surface area contributed by atoms with E-state index in [4.69, 9.17) is 0 Å². The summed E-state index contributed by atoms with van der Waals surface area (Å²) in [5, 5.41) is 0. The Hall–Kier alpha value is -3.39. The lowest BCUT2D eigenvalue weighted by molar-refractivity contribution is -0.145. The van der Waals surface area contributed by atoms with Gasteiger partial charge in [0.2, 0.25) is 15.8 Å². The molecule has 2 aromatic heterocycles. The maximum atomic E-state index is 14.3. The van der Waals surface area contributed by atoms with Gasteiger partial charge in [-0.25, -0.2) is 37.1 Å². The first-order chi connectivity index (χ1) is 18.4. The van der Waals surface area contributed by atoms with Gasteiger partial charge in [-0.05, 0) is 49.6 Å². The van der Waals surface area contributed by atoms with Crippen molar-refractivity contribution in [2.24, 2.45) is 0 Å². The van der Waals surface area contributed by atoms with E-state index >= 15 is 0 Å². The third-order valence-electron chi connectivity index (χ3n) is 6.56. The van der Waals surface area contributed by atoms with Crippen LogP contribution in [-0.4, -0.2) is 57.2 Å². The number of rotatable bonds is 8. The van der Waals surface area contributed by atoms with Crippen molar-refractivity contribution >= 4 is 15.8 Å². The van der Waals surface area contributed by atoms with Crippen LogP contribution >= 0.6 is 0 Å². The van der Waals surface area contributed by atoms with Crippen LogP contribution in [0.4, 0.5) is 22.0 Å². The summed E-state index contributed by atoms with van der Waals surface area (Å²) >= 11 is 0. The minimum Gasteiger partial charge on any atom is -0.298 e. The molecule has 3 aromatic rings. The maximum absolute atomic E-state index is 14.3. The average molecular weight is 568 g/mol. The van der Waals surface area contributed by atoms with Gasteiger partial charge in [-0.1, -0.05) is 0 Å². The Morgan fingerprint density at radius 2 is 1.72 bits per heavy atom. The van der Waals surface area contributed by atoms with Crippen LogP contribution in [0.5, 0.6) is 0 Å². The molecule has 206 valence electrons. The molecule has 0 spiro atoms. The predicted octanol–water partition coefficient (Wildman–Crippen LogP) is 4.27. The molecule has 2 atom stereocenters. The van der Waals surface area contributed by atoms with Crippen molar-refractivity contribution in [2.45, 2.75) is 61.3 Å². The molecule has 0 bridgehead atoms. The largest absolute Gasteiger partial charge is 0.451 e. The van der Waals surface area contributed by atoms with Gasteiger partial charge in [0.1, 0.15) is 17.8 Å². The first-order valence-electron chi connectivity index (χ1n) is 12.1. The van der Waals surface area contributed by atoms with E-state index in [9.17, 15) is 35.2 Å². The number of sulfonamides is 1. The first kappa shape index (κ1) is 27.2. The summed E-state index contributed by atoms with van der Waals surface area (Å²) in [4.78, 5) is 28.5. The molecule has 0 radical (unpaired) electrons. The fraction of sp³-hybridized carbons (Fsp3) is 0.400. The van der Waals surface area contributed by atoms with Crippen molar-refractivity contribution in [1.29, 1.82) is 0 Å². The Balaban J connectivity index is 1.35. The third kappa shape index (κ3) is 5.96. The van der Waals surface area contributed by atoms with Gasteiger partial charge in [0, 0.05) is 49.0 Å². The van der Waals surface area contributed by atoms with Crippen LogP contribution in [0.2, 0.25) is 0 Å². The van der Waals surface area contributed by atoms with Crippen molar-refractivity contribution in [2.75, 3.05) is 6.54 Å². The van der Waals surface area contributed by atoms with Gasteiger partial charge in [0.25, 0.3) is 0 Å². The van der Waals surface area contributed by atoms with Crippen molar-refractivity contribution in [3.8, 4) is 11.3 Å². The zero-order valence-electron chi connectivity index (χ0n) is 20.3. The SMILES string of the molecule is O=C(CCc1cc(-c2cnc(C(F)(F)F)nc2)nc(C2CC2)n1)[C@@H]1C[C@@H](F)CN1S(=O)(=O)c1ccc(F)cc1. The quantitative estimate of drug-likeness (QED) is 0.374. The predicted molar refractivity (Wildman–Crippen MR) is 127 cm³/mol. The molecular formula is C25H22F5N5O3S. The molecule has 0 amide bonds. The highest BCUT2D eigenvalue weighted by Crippen LogP contribution is 2.39. The summed E-state index contributed by atoms with van der Waals surface area (Å²) in [5.74, 6) is -1.85. The van der Waals surface area contributed by atoms with E-state index in [2.05, 4.69) is 19.9 Å². The zero-order chi connectivity index (χ0) is 27.9. The van der Waals surface area contributed by atoms with E-state index in [0.717, 1.165) is 53.8 Å². The maximum Gasteiger partial charge on any atom is 0.451 e. The second kappa shape index (κ2) is 10.3. The summed E-state index contributed by atoms with van der Waals surface area (Å²) in [6.45, 7) is -0.493. The van der Waals surface area contributed by atoms with E-state index in [1.165, 1.54) is 6.07 Å². The number of benzene rings is 1. The molecule has 8 nitrogen and oxygen atoms in total. The first-order valence-corrected chi connectivity index (χ1v) is 13.6. The Labute approximate surface area is 220 Å². The number of aromatic nitrogens is 4. The molecule has 1 aromatic carbocycles. The number of hydrogen-bond acceptors (Lipinski definition) is 7. The molecule has 1 saturated carbocycles. The monoisotopic (exact) mass is 567 g/mol. The molecule has 0 N–H and O–H groups in total. The second-order valence-electron chi connectivity index (χ2n) is 9.51. The molecular weight excluding hydrogens is 545 g/mol. The summed E-state index contributed by atoms with van der Waals surface area (Å²) < 4.78 is 93.1. The molecule has 1 saturated heterocycles. The average Bonchev–Trinajstić information content (AvgIpc) is 3.67. The van der Waals surface area contributed by atoms with Gasteiger partial charge in [0.15, 0.2) is 5.78 Å². The van der Waals surface area contributed by atoms with Crippen molar-refractivity contribution in [3.63, 3.8) is 0 Å². The van der Waals surface area contributed by atoms with Gasteiger partial charge in [0.05, 0.1) is 16.6 Å². The van der Waals surface area contributed by atoms with Crippen molar-refractivity contribution in [1.82, 2.24) is 24.2 Å². The minimum atomic E-state index is -4.69. The highest BCUT2D eigenvalue weighted by molar-refractivity contribution is 7.89. The van der Waals surface area contributed by atoms with E-state index in [0.29, 0.717) is 17.2 Å². The lowest BCUT2D eigenvalue weighted by atomic mass is 10.0. The van der Waals surface area contributed by atoms with Crippen LogP contribution in [-0.2, 0) is 27.4 Å². The van der Waals surface area contributed by atoms with Crippen LogP contribution in [0.25, 0.3) is 11.3 Å².